The highest BCUT2D eigenvalue weighted by Gasteiger charge is 2.20. The number of hydrogen-bond acceptors (Lipinski definition) is 4. The molecule has 1 atom stereocenters. The first-order valence-corrected chi connectivity index (χ1v) is 6.13. The number of rotatable bonds is 4. The van der Waals surface area contributed by atoms with Crippen LogP contribution in [-0.2, 0) is 0 Å². The van der Waals surface area contributed by atoms with Gasteiger partial charge in [-0.25, -0.2) is 0 Å². The SMILES string of the molecule is O=C(CCN1CCCCC1O)c1ccncc1. The highest BCUT2D eigenvalue weighted by Crippen LogP contribution is 2.15. The maximum Gasteiger partial charge on any atom is 0.164 e. The number of hydrogen-bond donors (Lipinski definition) is 1. The standard InChI is InChI=1S/C13H18N2O2/c16-12(11-4-7-14-8-5-11)6-10-15-9-2-1-3-13(15)17/h4-5,7-8,13,17H,1-3,6,9-10H2. The molecule has 0 aliphatic carbocycles. The van der Waals surface area contributed by atoms with E-state index in [1.807, 2.05) is 4.90 Å². The Bertz CT molecular complexity index is 367. The maximum atomic E-state index is 11.9. The molecule has 4 nitrogen and oxygen atoms in total. The predicted octanol–water partition coefficient (Wildman–Crippen LogP) is 1.46. The lowest BCUT2D eigenvalue weighted by atomic mass is 10.1. The molecule has 1 N–H and O–H groups in total. The molecule has 17 heavy (non-hydrogen) atoms. The van der Waals surface area contributed by atoms with E-state index >= 15 is 0 Å². The number of nitrogens with zero attached hydrogens (tertiary/aromatic N) is 2. The first kappa shape index (κ1) is 12.2. The van der Waals surface area contributed by atoms with Gasteiger partial charge in [0.15, 0.2) is 5.78 Å². The molecule has 0 spiro atoms. The minimum Gasteiger partial charge on any atom is -0.378 e. The van der Waals surface area contributed by atoms with Gasteiger partial charge in [-0.2, -0.15) is 0 Å². The molecule has 92 valence electrons. The van der Waals surface area contributed by atoms with Crippen molar-refractivity contribution in [3.05, 3.63) is 30.1 Å². The highest BCUT2D eigenvalue weighted by atomic mass is 16.3. The normalized spacial score (nSPS) is 21.4. The topological polar surface area (TPSA) is 53.4 Å². The van der Waals surface area contributed by atoms with Crippen LogP contribution in [0.15, 0.2) is 24.5 Å². The average molecular weight is 234 g/mol. The third kappa shape index (κ3) is 3.35. The Morgan fingerprint density at radius 3 is 2.88 bits per heavy atom. The summed E-state index contributed by atoms with van der Waals surface area (Å²) >= 11 is 0. The number of carbonyl (C=O) groups is 1. The van der Waals surface area contributed by atoms with Crippen molar-refractivity contribution in [3.8, 4) is 0 Å². The maximum absolute atomic E-state index is 11.9. The zero-order valence-electron chi connectivity index (χ0n) is 9.88. The first-order chi connectivity index (χ1) is 8.27. The van der Waals surface area contributed by atoms with E-state index in [0.29, 0.717) is 18.5 Å². The van der Waals surface area contributed by atoms with Crippen molar-refractivity contribution in [2.45, 2.75) is 31.9 Å². The van der Waals surface area contributed by atoms with Crippen LogP contribution in [-0.4, -0.2) is 40.1 Å². The van der Waals surface area contributed by atoms with Crippen molar-refractivity contribution in [2.24, 2.45) is 0 Å². The fourth-order valence-corrected chi connectivity index (χ4v) is 2.16. The molecule has 1 aliphatic rings. The molecule has 1 aromatic heterocycles. The molecule has 1 fully saturated rings. The van der Waals surface area contributed by atoms with Crippen molar-refractivity contribution in [2.75, 3.05) is 13.1 Å². The van der Waals surface area contributed by atoms with Crippen LogP contribution in [0.5, 0.6) is 0 Å². The van der Waals surface area contributed by atoms with Crippen LogP contribution in [0.25, 0.3) is 0 Å². The summed E-state index contributed by atoms with van der Waals surface area (Å²) < 4.78 is 0. The van der Waals surface area contributed by atoms with Gasteiger partial charge in [0.05, 0.1) is 0 Å². The molecule has 0 amide bonds. The van der Waals surface area contributed by atoms with Crippen molar-refractivity contribution < 1.29 is 9.90 Å². The fraction of sp³-hybridized carbons (Fsp3) is 0.538. The van der Waals surface area contributed by atoms with E-state index in [1.165, 1.54) is 0 Å². The van der Waals surface area contributed by atoms with E-state index in [4.69, 9.17) is 0 Å². The second kappa shape index (κ2) is 5.89. The zero-order chi connectivity index (χ0) is 12.1. The van der Waals surface area contributed by atoms with Gasteiger partial charge in [0.25, 0.3) is 0 Å². The third-order valence-corrected chi connectivity index (χ3v) is 3.21. The van der Waals surface area contributed by atoms with Crippen LogP contribution in [0, 0.1) is 0 Å². The summed E-state index contributed by atoms with van der Waals surface area (Å²) in [5.41, 5.74) is 0.700. The molecule has 1 saturated heterocycles. The van der Waals surface area contributed by atoms with Crippen LogP contribution in [0.1, 0.15) is 36.0 Å². The third-order valence-electron chi connectivity index (χ3n) is 3.21. The lowest BCUT2D eigenvalue weighted by Gasteiger charge is -2.31. The summed E-state index contributed by atoms with van der Waals surface area (Å²) in [6.45, 7) is 1.53. The molecule has 0 aromatic carbocycles. The number of likely N-dealkylation sites (tertiary alicyclic amines) is 1. The highest BCUT2D eigenvalue weighted by molar-refractivity contribution is 5.95. The molecule has 2 heterocycles. The Labute approximate surface area is 101 Å². The van der Waals surface area contributed by atoms with Gasteiger partial charge >= 0.3 is 0 Å². The average Bonchev–Trinajstić information content (AvgIpc) is 2.38. The Balaban J connectivity index is 1.84. The smallest absolute Gasteiger partial charge is 0.164 e. The van der Waals surface area contributed by atoms with Crippen LogP contribution in [0.3, 0.4) is 0 Å². The number of aliphatic hydroxyl groups excluding tert-OH is 1. The van der Waals surface area contributed by atoms with Gasteiger partial charge < -0.3 is 5.11 Å². The van der Waals surface area contributed by atoms with Gasteiger partial charge in [-0.05, 0) is 31.4 Å². The van der Waals surface area contributed by atoms with Crippen LogP contribution >= 0.6 is 0 Å². The molecule has 2 rings (SSSR count). The van der Waals surface area contributed by atoms with E-state index < -0.39 is 0 Å². The second-order valence-electron chi connectivity index (χ2n) is 4.42. The zero-order valence-corrected chi connectivity index (χ0v) is 9.88. The van der Waals surface area contributed by atoms with Crippen molar-refractivity contribution in [1.29, 1.82) is 0 Å². The second-order valence-corrected chi connectivity index (χ2v) is 4.42. The lowest BCUT2D eigenvalue weighted by Crippen LogP contribution is -2.40. The van der Waals surface area contributed by atoms with E-state index in [1.54, 1.807) is 24.5 Å². The Morgan fingerprint density at radius 2 is 2.18 bits per heavy atom. The lowest BCUT2D eigenvalue weighted by molar-refractivity contribution is -0.0230. The van der Waals surface area contributed by atoms with Crippen molar-refractivity contribution in [3.63, 3.8) is 0 Å². The van der Waals surface area contributed by atoms with Gasteiger partial charge in [0, 0.05) is 37.5 Å². The molecule has 1 aliphatic heterocycles. The van der Waals surface area contributed by atoms with E-state index in [-0.39, 0.29) is 12.0 Å². The van der Waals surface area contributed by atoms with Crippen LogP contribution < -0.4 is 0 Å². The molecule has 4 heteroatoms. The van der Waals surface area contributed by atoms with Gasteiger partial charge in [-0.15, -0.1) is 0 Å². The molecule has 0 saturated carbocycles. The summed E-state index contributed by atoms with van der Waals surface area (Å²) in [4.78, 5) is 17.7. The Hall–Kier alpha value is -1.26. The van der Waals surface area contributed by atoms with Crippen LogP contribution in [0.2, 0.25) is 0 Å². The largest absolute Gasteiger partial charge is 0.378 e. The number of aliphatic hydroxyl groups is 1. The molecule has 0 radical (unpaired) electrons. The number of aromatic nitrogens is 1. The van der Waals surface area contributed by atoms with Gasteiger partial charge in [0.1, 0.15) is 6.23 Å². The monoisotopic (exact) mass is 234 g/mol. The summed E-state index contributed by atoms with van der Waals surface area (Å²) in [5, 5.41) is 9.76. The predicted molar refractivity (Wildman–Crippen MR) is 64.6 cm³/mol. The first-order valence-electron chi connectivity index (χ1n) is 6.13. The van der Waals surface area contributed by atoms with E-state index in [2.05, 4.69) is 4.98 Å². The molecule has 1 unspecified atom stereocenters. The minimum absolute atomic E-state index is 0.116. The van der Waals surface area contributed by atoms with Gasteiger partial charge in [-0.1, -0.05) is 0 Å². The van der Waals surface area contributed by atoms with Crippen molar-refractivity contribution in [1.82, 2.24) is 9.88 Å². The summed E-state index contributed by atoms with van der Waals surface area (Å²) in [7, 11) is 0. The van der Waals surface area contributed by atoms with E-state index in [9.17, 15) is 9.90 Å². The number of pyridine rings is 1. The van der Waals surface area contributed by atoms with Gasteiger partial charge in [-0.3, -0.25) is 14.7 Å². The van der Waals surface area contributed by atoms with Crippen molar-refractivity contribution >= 4 is 5.78 Å². The summed E-state index contributed by atoms with van der Waals surface area (Å²) in [6, 6.07) is 3.46. The summed E-state index contributed by atoms with van der Waals surface area (Å²) in [5.74, 6) is 0.116. The number of piperidine rings is 1. The molecule has 0 bridgehead atoms. The Morgan fingerprint density at radius 1 is 1.41 bits per heavy atom. The molecular weight excluding hydrogens is 216 g/mol. The number of carbonyl (C=O) groups excluding carboxylic acids is 1. The molecular formula is C13H18N2O2. The summed E-state index contributed by atoms with van der Waals surface area (Å²) in [6.07, 6.45) is 6.36. The minimum atomic E-state index is -0.367. The van der Waals surface area contributed by atoms with E-state index in [0.717, 1.165) is 25.8 Å². The molecule has 1 aromatic rings. The quantitative estimate of drug-likeness (QED) is 0.801. The number of ketones is 1. The van der Waals surface area contributed by atoms with Crippen LogP contribution in [0.4, 0.5) is 0 Å². The number of Topliss-reactive ketones (excluding diaryl/α,β-unsaturated/α-hetero) is 1. The van der Waals surface area contributed by atoms with Gasteiger partial charge in [0.2, 0.25) is 0 Å². The fourth-order valence-electron chi connectivity index (χ4n) is 2.16. The Kier molecular flexibility index (Phi) is 4.23.